The number of primary amides is 1. The molecular formula is C14H20N4O2. The molecule has 2 rings (SSSR count). The van der Waals surface area contributed by atoms with Crippen molar-refractivity contribution in [2.45, 2.75) is 12.8 Å². The van der Waals surface area contributed by atoms with Crippen LogP contribution in [0.25, 0.3) is 0 Å². The van der Waals surface area contributed by atoms with Gasteiger partial charge in [-0.2, -0.15) is 0 Å². The minimum Gasteiger partial charge on any atom is -0.399 e. The smallest absolute Gasteiger partial charge is 0.238 e. The van der Waals surface area contributed by atoms with Crippen molar-refractivity contribution in [1.82, 2.24) is 4.90 Å². The molecule has 1 aliphatic rings. The molecule has 0 spiro atoms. The lowest BCUT2D eigenvalue weighted by atomic mass is 9.97. The van der Waals surface area contributed by atoms with Crippen LogP contribution < -0.4 is 16.8 Å². The topological polar surface area (TPSA) is 101 Å². The summed E-state index contributed by atoms with van der Waals surface area (Å²) in [6.45, 7) is 1.65. The molecule has 1 aromatic carbocycles. The molecule has 6 nitrogen and oxygen atoms in total. The Morgan fingerprint density at radius 1 is 1.30 bits per heavy atom. The molecule has 1 aromatic rings. The standard InChI is InChI=1S/C14H20N4O2/c15-11-3-5-12(6-4-11)17-13(19)9-18-7-1-2-10(8-18)14(16)20/h3-6,10H,1-2,7-9,15H2,(H2,16,20)(H,17,19). The van der Waals surface area contributed by atoms with Gasteiger partial charge in [-0.3, -0.25) is 14.5 Å². The average molecular weight is 276 g/mol. The summed E-state index contributed by atoms with van der Waals surface area (Å²) in [6.07, 6.45) is 1.70. The minimum atomic E-state index is -0.284. The molecular weight excluding hydrogens is 256 g/mol. The Morgan fingerprint density at radius 2 is 2.00 bits per heavy atom. The lowest BCUT2D eigenvalue weighted by Gasteiger charge is -2.30. The highest BCUT2D eigenvalue weighted by Crippen LogP contribution is 2.16. The third-order valence-corrected chi connectivity index (χ3v) is 3.47. The van der Waals surface area contributed by atoms with Crippen LogP contribution in [-0.4, -0.2) is 36.3 Å². The summed E-state index contributed by atoms with van der Waals surface area (Å²) >= 11 is 0. The molecule has 0 bridgehead atoms. The van der Waals surface area contributed by atoms with Crippen LogP contribution in [0, 0.1) is 5.92 Å². The molecule has 2 amide bonds. The number of nitrogen functional groups attached to an aromatic ring is 1. The number of anilines is 2. The summed E-state index contributed by atoms with van der Waals surface area (Å²) in [5.74, 6) is -0.526. The van der Waals surface area contributed by atoms with E-state index in [0.29, 0.717) is 17.9 Å². The molecule has 1 heterocycles. The van der Waals surface area contributed by atoms with E-state index in [2.05, 4.69) is 5.32 Å². The minimum absolute atomic E-state index is 0.0973. The van der Waals surface area contributed by atoms with Crippen LogP contribution in [-0.2, 0) is 9.59 Å². The first kappa shape index (κ1) is 14.3. The van der Waals surface area contributed by atoms with E-state index >= 15 is 0 Å². The molecule has 0 saturated carbocycles. The number of rotatable bonds is 4. The van der Waals surface area contributed by atoms with Gasteiger partial charge in [-0.25, -0.2) is 0 Å². The van der Waals surface area contributed by atoms with Crippen LogP contribution >= 0.6 is 0 Å². The van der Waals surface area contributed by atoms with Crippen molar-refractivity contribution in [1.29, 1.82) is 0 Å². The number of carbonyl (C=O) groups is 2. The summed E-state index contributed by atoms with van der Waals surface area (Å²) in [5.41, 5.74) is 12.3. The maximum atomic E-state index is 11.9. The van der Waals surface area contributed by atoms with E-state index in [1.165, 1.54) is 0 Å². The normalized spacial score (nSPS) is 19.5. The van der Waals surface area contributed by atoms with Crippen molar-refractivity contribution in [3.8, 4) is 0 Å². The van der Waals surface area contributed by atoms with Gasteiger partial charge >= 0.3 is 0 Å². The van der Waals surface area contributed by atoms with Gasteiger partial charge in [0.2, 0.25) is 11.8 Å². The Morgan fingerprint density at radius 3 is 2.65 bits per heavy atom. The molecule has 108 valence electrons. The molecule has 0 aromatic heterocycles. The molecule has 1 aliphatic heterocycles. The molecule has 1 unspecified atom stereocenters. The molecule has 0 radical (unpaired) electrons. The number of piperidine rings is 1. The first-order valence-corrected chi connectivity index (χ1v) is 6.71. The van der Waals surface area contributed by atoms with Gasteiger partial charge in [0.1, 0.15) is 0 Å². The van der Waals surface area contributed by atoms with Crippen LogP contribution in [0.3, 0.4) is 0 Å². The Labute approximate surface area is 118 Å². The largest absolute Gasteiger partial charge is 0.399 e. The van der Waals surface area contributed by atoms with Crippen molar-refractivity contribution in [2.24, 2.45) is 11.7 Å². The highest BCUT2D eigenvalue weighted by molar-refractivity contribution is 5.92. The fraction of sp³-hybridized carbons (Fsp3) is 0.429. The SMILES string of the molecule is NC(=O)C1CCCN(CC(=O)Nc2ccc(N)cc2)C1. The number of hydrogen-bond acceptors (Lipinski definition) is 4. The van der Waals surface area contributed by atoms with Gasteiger partial charge in [-0.1, -0.05) is 0 Å². The van der Waals surface area contributed by atoms with E-state index in [-0.39, 0.29) is 24.3 Å². The lowest BCUT2D eigenvalue weighted by molar-refractivity contribution is -0.125. The first-order chi connectivity index (χ1) is 9.54. The second-order valence-corrected chi connectivity index (χ2v) is 5.15. The van der Waals surface area contributed by atoms with E-state index in [9.17, 15) is 9.59 Å². The summed E-state index contributed by atoms with van der Waals surface area (Å²) in [4.78, 5) is 25.1. The van der Waals surface area contributed by atoms with Crippen LogP contribution in [0.5, 0.6) is 0 Å². The predicted octanol–water partition coefficient (Wildman–Crippen LogP) is 0.405. The number of carbonyl (C=O) groups excluding carboxylic acids is 2. The summed E-state index contributed by atoms with van der Waals surface area (Å²) in [7, 11) is 0. The molecule has 0 aliphatic carbocycles. The maximum absolute atomic E-state index is 11.9. The summed E-state index contributed by atoms with van der Waals surface area (Å²) < 4.78 is 0. The highest BCUT2D eigenvalue weighted by atomic mass is 16.2. The number of nitrogens with one attached hydrogen (secondary N) is 1. The van der Waals surface area contributed by atoms with Crippen molar-refractivity contribution in [3.05, 3.63) is 24.3 Å². The van der Waals surface area contributed by atoms with E-state index < -0.39 is 0 Å². The fourth-order valence-corrected chi connectivity index (χ4v) is 2.40. The van der Waals surface area contributed by atoms with Gasteiger partial charge in [-0.05, 0) is 43.7 Å². The van der Waals surface area contributed by atoms with E-state index in [1.807, 2.05) is 4.90 Å². The Balaban J connectivity index is 1.85. The van der Waals surface area contributed by atoms with Gasteiger partial charge in [0.25, 0.3) is 0 Å². The molecule has 1 atom stereocenters. The molecule has 6 heteroatoms. The summed E-state index contributed by atoms with van der Waals surface area (Å²) in [6, 6.07) is 6.99. The third-order valence-electron chi connectivity index (χ3n) is 3.47. The Hall–Kier alpha value is -2.08. The number of amides is 2. The fourth-order valence-electron chi connectivity index (χ4n) is 2.40. The molecule has 20 heavy (non-hydrogen) atoms. The first-order valence-electron chi connectivity index (χ1n) is 6.71. The Kier molecular flexibility index (Phi) is 4.57. The third kappa shape index (κ3) is 3.96. The zero-order chi connectivity index (χ0) is 14.5. The van der Waals surface area contributed by atoms with Crippen molar-refractivity contribution in [2.75, 3.05) is 30.7 Å². The van der Waals surface area contributed by atoms with Gasteiger partial charge in [0, 0.05) is 17.9 Å². The summed E-state index contributed by atoms with van der Waals surface area (Å²) in [5, 5.41) is 2.81. The highest BCUT2D eigenvalue weighted by Gasteiger charge is 2.24. The second-order valence-electron chi connectivity index (χ2n) is 5.15. The van der Waals surface area contributed by atoms with Crippen molar-refractivity contribution in [3.63, 3.8) is 0 Å². The second kappa shape index (κ2) is 6.38. The number of nitrogens with zero attached hydrogens (tertiary/aromatic N) is 1. The maximum Gasteiger partial charge on any atom is 0.238 e. The zero-order valence-corrected chi connectivity index (χ0v) is 11.3. The predicted molar refractivity (Wildman–Crippen MR) is 77.8 cm³/mol. The van der Waals surface area contributed by atoms with Crippen molar-refractivity contribution >= 4 is 23.2 Å². The van der Waals surface area contributed by atoms with Crippen LogP contribution in [0.15, 0.2) is 24.3 Å². The number of likely N-dealkylation sites (tertiary alicyclic amines) is 1. The van der Waals surface area contributed by atoms with Crippen LogP contribution in [0.4, 0.5) is 11.4 Å². The van der Waals surface area contributed by atoms with Crippen LogP contribution in [0.1, 0.15) is 12.8 Å². The average Bonchev–Trinajstić information content (AvgIpc) is 2.41. The van der Waals surface area contributed by atoms with E-state index in [0.717, 1.165) is 19.4 Å². The lowest BCUT2D eigenvalue weighted by Crippen LogP contribution is -2.44. The van der Waals surface area contributed by atoms with Gasteiger partial charge < -0.3 is 16.8 Å². The quantitative estimate of drug-likeness (QED) is 0.693. The molecule has 1 fully saturated rings. The van der Waals surface area contributed by atoms with Gasteiger partial charge in [-0.15, -0.1) is 0 Å². The van der Waals surface area contributed by atoms with Crippen LogP contribution in [0.2, 0.25) is 0 Å². The number of hydrogen-bond donors (Lipinski definition) is 3. The van der Waals surface area contributed by atoms with Crippen molar-refractivity contribution < 1.29 is 9.59 Å². The van der Waals surface area contributed by atoms with E-state index in [1.54, 1.807) is 24.3 Å². The molecule has 5 N–H and O–H groups in total. The van der Waals surface area contributed by atoms with Gasteiger partial charge in [0.15, 0.2) is 0 Å². The monoisotopic (exact) mass is 276 g/mol. The zero-order valence-electron chi connectivity index (χ0n) is 11.3. The molecule has 1 saturated heterocycles. The Bertz CT molecular complexity index is 486. The number of benzene rings is 1. The van der Waals surface area contributed by atoms with E-state index in [4.69, 9.17) is 11.5 Å². The number of nitrogens with two attached hydrogens (primary N) is 2. The van der Waals surface area contributed by atoms with Gasteiger partial charge in [0.05, 0.1) is 12.5 Å².